The number of urea groups is 1. The van der Waals surface area contributed by atoms with Gasteiger partial charge in [-0.25, -0.2) is 9.59 Å². The Morgan fingerprint density at radius 1 is 1.40 bits per heavy atom. The fraction of sp³-hybridized carbons (Fsp3) is 0.500. The van der Waals surface area contributed by atoms with Crippen LogP contribution in [0.2, 0.25) is 0 Å². The second-order valence-corrected chi connectivity index (χ2v) is 2.49. The summed E-state index contributed by atoms with van der Waals surface area (Å²) in [5.74, 6) is -3.01. The molecule has 1 saturated heterocycles. The van der Waals surface area contributed by atoms with Crippen LogP contribution in [0.4, 0.5) is 18.0 Å². The summed E-state index contributed by atoms with van der Waals surface area (Å²) in [5, 5.41) is 11.6. The number of carbonyl (C=O) groups is 3. The molecule has 3 N–H and O–H groups in total. The number of nitrogens with one attached hydrogen (secondary N) is 2. The van der Waals surface area contributed by atoms with Gasteiger partial charge in [-0.3, -0.25) is 10.1 Å². The predicted molar refractivity (Wildman–Crippen MR) is 39.8 cm³/mol. The zero-order chi connectivity index (χ0) is 12.2. The highest BCUT2D eigenvalue weighted by molar-refractivity contribution is 6.03. The minimum Gasteiger partial charge on any atom is -0.475 e. The van der Waals surface area contributed by atoms with Crippen molar-refractivity contribution in [2.75, 3.05) is 0 Å². The van der Waals surface area contributed by atoms with Gasteiger partial charge in [-0.15, -0.1) is 0 Å². The van der Waals surface area contributed by atoms with Crippen molar-refractivity contribution < 1.29 is 32.7 Å². The Hall–Kier alpha value is -1.80. The second kappa shape index (κ2) is 4.62. The van der Waals surface area contributed by atoms with Crippen LogP contribution < -0.4 is 10.6 Å². The Balaban J connectivity index is 0.000000265. The van der Waals surface area contributed by atoms with Crippen molar-refractivity contribution in [1.82, 2.24) is 10.6 Å². The lowest BCUT2D eigenvalue weighted by atomic mass is 10.4. The Morgan fingerprint density at radius 2 is 1.80 bits per heavy atom. The summed E-state index contributed by atoms with van der Waals surface area (Å²) >= 11 is 0. The van der Waals surface area contributed by atoms with Crippen LogP contribution in [0.1, 0.15) is 6.92 Å². The minimum atomic E-state index is -5.08. The van der Waals surface area contributed by atoms with E-state index in [9.17, 15) is 22.8 Å². The van der Waals surface area contributed by atoms with Gasteiger partial charge in [0.05, 0.1) is 0 Å². The molecular formula is C6H7F3N2O4. The Bertz CT molecular complexity index is 289. The fourth-order valence-electron chi connectivity index (χ4n) is 0.518. The van der Waals surface area contributed by atoms with E-state index in [0.29, 0.717) is 0 Å². The van der Waals surface area contributed by atoms with Gasteiger partial charge in [0.15, 0.2) is 0 Å². The molecule has 0 aromatic rings. The first kappa shape index (κ1) is 13.2. The predicted octanol–water partition coefficient (Wildman–Crippen LogP) is -0.152. The first-order valence-electron chi connectivity index (χ1n) is 3.56. The van der Waals surface area contributed by atoms with Gasteiger partial charge in [0, 0.05) is 0 Å². The Morgan fingerprint density at radius 3 is 1.87 bits per heavy atom. The summed E-state index contributed by atoms with van der Waals surface area (Å²) < 4.78 is 31.7. The lowest BCUT2D eigenvalue weighted by Crippen LogP contribution is -2.24. The molecule has 6 nitrogen and oxygen atoms in total. The zero-order valence-electron chi connectivity index (χ0n) is 7.38. The molecule has 1 heterocycles. The van der Waals surface area contributed by atoms with Crippen LogP contribution in [0, 0.1) is 0 Å². The summed E-state index contributed by atoms with van der Waals surface area (Å²) in [6.45, 7) is 1.63. The Kier molecular flexibility index (Phi) is 4.07. The molecule has 86 valence electrons. The minimum absolute atomic E-state index is 0.255. The molecule has 3 amide bonds. The summed E-state index contributed by atoms with van der Waals surface area (Å²) in [7, 11) is 0. The van der Waals surface area contributed by atoms with E-state index in [2.05, 4.69) is 10.6 Å². The first-order valence-corrected chi connectivity index (χ1v) is 3.56. The van der Waals surface area contributed by atoms with E-state index in [0.717, 1.165) is 0 Å². The fourth-order valence-corrected chi connectivity index (χ4v) is 0.518. The number of carboxylic acid groups (broad SMARTS) is 1. The number of halogens is 3. The topological polar surface area (TPSA) is 95.5 Å². The van der Waals surface area contributed by atoms with Gasteiger partial charge >= 0.3 is 18.2 Å². The van der Waals surface area contributed by atoms with Crippen molar-refractivity contribution in [3.05, 3.63) is 0 Å². The maximum atomic E-state index is 10.6. The number of hydrogen-bond donors (Lipinski definition) is 3. The van der Waals surface area contributed by atoms with Crippen molar-refractivity contribution in [2.24, 2.45) is 0 Å². The molecule has 9 heteroatoms. The average molecular weight is 228 g/mol. The summed E-state index contributed by atoms with van der Waals surface area (Å²) in [5.41, 5.74) is 0. The normalized spacial score (nSPS) is 19.9. The third-order valence-corrected chi connectivity index (χ3v) is 1.22. The summed E-state index contributed by atoms with van der Waals surface area (Å²) in [6.07, 6.45) is -5.08. The number of imide groups is 1. The van der Waals surface area contributed by atoms with E-state index in [1.165, 1.54) is 0 Å². The van der Waals surface area contributed by atoms with E-state index in [1.54, 1.807) is 6.92 Å². The number of carbonyl (C=O) groups excluding carboxylic acids is 2. The van der Waals surface area contributed by atoms with Gasteiger partial charge < -0.3 is 10.4 Å². The molecule has 0 aromatic carbocycles. The molecule has 1 atom stereocenters. The number of alkyl halides is 3. The molecule has 0 spiro atoms. The smallest absolute Gasteiger partial charge is 0.475 e. The van der Waals surface area contributed by atoms with Crippen LogP contribution in [0.5, 0.6) is 0 Å². The van der Waals surface area contributed by atoms with Crippen LogP contribution in [0.15, 0.2) is 0 Å². The molecule has 1 aliphatic rings. The number of aliphatic carboxylic acids is 1. The maximum absolute atomic E-state index is 10.6. The highest BCUT2D eigenvalue weighted by Gasteiger charge is 2.38. The van der Waals surface area contributed by atoms with Crippen LogP contribution in [-0.4, -0.2) is 35.2 Å². The molecule has 1 aliphatic heterocycles. The van der Waals surface area contributed by atoms with Crippen LogP contribution >= 0.6 is 0 Å². The molecule has 0 bridgehead atoms. The number of amides is 3. The van der Waals surface area contributed by atoms with Gasteiger partial charge in [0.1, 0.15) is 6.04 Å². The Labute approximate surface area is 81.4 Å². The SMILES string of the molecule is CC1NC(=O)NC1=O.O=C(O)C(F)(F)F. The van der Waals surface area contributed by atoms with Crippen molar-refractivity contribution >= 4 is 17.9 Å². The largest absolute Gasteiger partial charge is 0.490 e. The van der Waals surface area contributed by atoms with Crippen LogP contribution in [-0.2, 0) is 9.59 Å². The molecule has 0 aliphatic carbocycles. The molecule has 15 heavy (non-hydrogen) atoms. The van der Waals surface area contributed by atoms with Gasteiger partial charge in [-0.2, -0.15) is 13.2 Å². The quantitative estimate of drug-likeness (QED) is 0.502. The molecule has 1 unspecified atom stereocenters. The van der Waals surface area contributed by atoms with E-state index in [1.807, 2.05) is 0 Å². The third-order valence-electron chi connectivity index (χ3n) is 1.22. The van der Waals surface area contributed by atoms with Crippen molar-refractivity contribution in [2.45, 2.75) is 19.1 Å². The van der Waals surface area contributed by atoms with Gasteiger partial charge in [0.2, 0.25) is 5.91 Å². The van der Waals surface area contributed by atoms with E-state index in [-0.39, 0.29) is 11.9 Å². The van der Waals surface area contributed by atoms with Crippen LogP contribution in [0.3, 0.4) is 0 Å². The van der Waals surface area contributed by atoms with E-state index >= 15 is 0 Å². The standard InChI is InChI=1S/C4H6N2O2.C2HF3O2/c1-2-3(7)6-4(8)5-2;3-2(4,5)1(6)7/h2H,1H3,(H2,5,6,7,8);(H,6,7). The number of rotatable bonds is 0. The summed E-state index contributed by atoms with van der Waals surface area (Å²) in [4.78, 5) is 29.5. The van der Waals surface area contributed by atoms with Gasteiger partial charge in [-0.1, -0.05) is 0 Å². The van der Waals surface area contributed by atoms with E-state index < -0.39 is 18.2 Å². The van der Waals surface area contributed by atoms with Gasteiger partial charge in [-0.05, 0) is 6.92 Å². The van der Waals surface area contributed by atoms with Crippen molar-refractivity contribution in [3.8, 4) is 0 Å². The molecular weight excluding hydrogens is 221 g/mol. The molecule has 1 rings (SSSR count). The highest BCUT2D eigenvalue weighted by Crippen LogP contribution is 2.13. The lowest BCUT2D eigenvalue weighted by Gasteiger charge is -1.93. The van der Waals surface area contributed by atoms with Crippen molar-refractivity contribution in [1.29, 1.82) is 0 Å². The monoisotopic (exact) mass is 228 g/mol. The third kappa shape index (κ3) is 4.84. The maximum Gasteiger partial charge on any atom is 0.490 e. The average Bonchev–Trinajstić information content (AvgIpc) is 2.28. The second-order valence-electron chi connectivity index (χ2n) is 2.49. The molecule has 0 saturated carbocycles. The molecule has 0 radical (unpaired) electrons. The van der Waals surface area contributed by atoms with E-state index in [4.69, 9.17) is 9.90 Å². The first-order chi connectivity index (χ1) is 6.64. The summed E-state index contributed by atoms with van der Waals surface area (Å²) in [6, 6.07) is -0.759. The number of hydrogen-bond acceptors (Lipinski definition) is 3. The van der Waals surface area contributed by atoms with Crippen LogP contribution in [0.25, 0.3) is 0 Å². The molecule has 1 fully saturated rings. The highest BCUT2D eigenvalue weighted by atomic mass is 19.4. The molecule has 0 aromatic heterocycles. The van der Waals surface area contributed by atoms with Gasteiger partial charge in [0.25, 0.3) is 0 Å². The van der Waals surface area contributed by atoms with Crippen molar-refractivity contribution in [3.63, 3.8) is 0 Å². The zero-order valence-corrected chi connectivity index (χ0v) is 7.38. The lowest BCUT2D eigenvalue weighted by molar-refractivity contribution is -0.192. The number of carboxylic acids is 1.